The first-order chi connectivity index (χ1) is 9.59. The van der Waals surface area contributed by atoms with Crippen LogP contribution in [0.5, 0.6) is 0 Å². The number of nitrogens with two attached hydrogens (primary N) is 2. The molecule has 2 unspecified atom stereocenters. The van der Waals surface area contributed by atoms with Gasteiger partial charge in [-0.15, -0.1) is 0 Å². The largest absolute Gasteiger partial charge is 0.481 e. The lowest BCUT2D eigenvalue weighted by Gasteiger charge is -2.13. The Hall–Kier alpha value is -1.14. The molecule has 6 N–H and O–H groups in total. The van der Waals surface area contributed by atoms with Crippen molar-refractivity contribution in [3.05, 3.63) is 0 Å². The number of hydrogen-bond acceptors (Lipinski definition) is 4. The minimum atomic E-state index is -0.767. The Bertz CT molecular complexity index is 293. The van der Waals surface area contributed by atoms with Crippen LogP contribution in [-0.2, 0) is 9.59 Å². The molecule has 0 heterocycles. The zero-order valence-corrected chi connectivity index (χ0v) is 13.7. The molecule has 21 heavy (non-hydrogen) atoms. The number of carboxylic acid groups (broad SMARTS) is 2. The van der Waals surface area contributed by atoms with Crippen molar-refractivity contribution in [3.63, 3.8) is 0 Å². The van der Waals surface area contributed by atoms with Crippen molar-refractivity contribution in [1.82, 2.24) is 0 Å². The van der Waals surface area contributed by atoms with Crippen LogP contribution < -0.4 is 11.5 Å². The fourth-order valence-corrected chi connectivity index (χ4v) is 1.80. The molecule has 6 nitrogen and oxygen atoms in total. The van der Waals surface area contributed by atoms with Gasteiger partial charge in [-0.3, -0.25) is 9.59 Å². The fourth-order valence-electron chi connectivity index (χ4n) is 1.80. The average Bonchev–Trinajstić information content (AvgIpc) is 2.34. The van der Waals surface area contributed by atoms with Gasteiger partial charge in [-0.1, -0.05) is 27.7 Å². The van der Waals surface area contributed by atoms with Crippen LogP contribution >= 0.6 is 0 Å². The second-order valence-electron chi connectivity index (χ2n) is 6.17. The first-order valence-electron chi connectivity index (χ1n) is 7.49. The minimum Gasteiger partial charge on any atom is -0.481 e. The predicted octanol–water partition coefficient (Wildman–Crippen LogP) is 1.92. The summed E-state index contributed by atoms with van der Waals surface area (Å²) in [5.41, 5.74) is 11.0. The van der Waals surface area contributed by atoms with Gasteiger partial charge in [-0.05, 0) is 37.1 Å². The Morgan fingerprint density at radius 2 is 1.57 bits per heavy atom. The minimum absolute atomic E-state index is 0.0242. The monoisotopic (exact) mass is 304 g/mol. The van der Waals surface area contributed by atoms with Crippen LogP contribution in [0.1, 0.15) is 53.4 Å². The molecule has 0 saturated heterocycles. The maximum atomic E-state index is 10.3. The first-order valence-corrected chi connectivity index (χ1v) is 7.49. The van der Waals surface area contributed by atoms with Crippen molar-refractivity contribution in [2.24, 2.45) is 29.2 Å². The third-order valence-electron chi connectivity index (χ3n) is 3.15. The molecule has 0 bridgehead atoms. The zero-order valence-electron chi connectivity index (χ0n) is 13.7. The number of carbonyl (C=O) groups is 2. The summed E-state index contributed by atoms with van der Waals surface area (Å²) < 4.78 is 0. The molecule has 2 atom stereocenters. The molecule has 6 heteroatoms. The van der Waals surface area contributed by atoms with Crippen molar-refractivity contribution >= 4 is 11.9 Å². The molecule has 0 aliphatic rings. The van der Waals surface area contributed by atoms with E-state index in [4.69, 9.17) is 21.7 Å². The number of carboxylic acids is 2. The lowest BCUT2D eigenvalue weighted by atomic mass is 9.94. The Morgan fingerprint density at radius 3 is 1.86 bits per heavy atom. The van der Waals surface area contributed by atoms with Gasteiger partial charge in [0, 0.05) is 18.9 Å². The van der Waals surface area contributed by atoms with Gasteiger partial charge in [0.15, 0.2) is 0 Å². The van der Waals surface area contributed by atoms with E-state index >= 15 is 0 Å². The topological polar surface area (TPSA) is 127 Å². The van der Waals surface area contributed by atoms with E-state index in [1.54, 1.807) is 0 Å². The van der Waals surface area contributed by atoms with Crippen LogP contribution in [0.25, 0.3) is 0 Å². The highest BCUT2D eigenvalue weighted by molar-refractivity contribution is 5.67. The Kier molecular flexibility index (Phi) is 13.3. The third-order valence-corrected chi connectivity index (χ3v) is 3.15. The number of hydrogen-bond donors (Lipinski definition) is 4. The quantitative estimate of drug-likeness (QED) is 0.515. The van der Waals surface area contributed by atoms with E-state index in [0.717, 1.165) is 6.42 Å². The van der Waals surface area contributed by atoms with Crippen molar-refractivity contribution < 1.29 is 19.8 Å². The van der Waals surface area contributed by atoms with E-state index in [9.17, 15) is 9.59 Å². The maximum Gasteiger partial charge on any atom is 0.303 e. The van der Waals surface area contributed by atoms with Gasteiger partial charge in [0.2, 0.25) is 0 Å². The highest BCUT2D eigenvalue weighted by Crippen LogP contribution is 2.13. The van der Waals surface area contributed by atoms with Crippen LogP contribution in [0.2, 0.25) is 0 Å². The molecule has 0 fully saturated rings. The Balaban J connectivity index is 0. The lowest BCUT2D eigenvalue weighted by molar-refractivity contribution is -0.138. The maximum absolute atomic E-state index is 10.3. The normalized spacial score (nSPS) is 13.5. The summed E-state index contributed by atoms with van der Waals surface area (Å²) in [4.78, 5) is 20.4. The Morgan fingerprint density at radius 1 is 1.05 bits per heavy atom. The van der Waals surface area contributed by atoms with Crippen LogP contribution in [0.3, 0.4) is 0 Å². The molecule has 0 rings (SSSR count). The summed E-state index contributed by atoms with van der Waals surface area (Å²) in [7, 11) is 0. The summed E-state index contributed by atoms with van der Waals surface area (Å²) in [5, 5.41) is 16.8. The highest BCUT2D eigenvalue weighted by Gasteiger charge is 2.12. The third kappa shape index (κ3) is 16.8. The van der Waals surface area contributed by atoms with Crippen molar-refractivity contribution in [2.75, 3.05) is 6.54 Å². The van der Waals surface area contributed by atoms with Crippen LogP contribution in [-0.4, -0.2) is 34.7 Å². The number of rotatable bonds is 9. The average molecular weight is 304 g/mol. The molecule has 126 valence electrons. The smallest absolute Gasteiger partial charge is 0.303 e. The van der Waals surface area contributed by atoms with Gasteiger partial charge in [0.25, 0.3) is 0 Å². The molecule has 0 aromatic rings. The lowest BCUT2D eigenvalue weighted by Crippen LogP contribution is -2.26. The van der Waals surface area contributed by atoms with Gasteiger partial charge in [-0.25, -0.2) is 0 Å². The summed E-state index contributed by atoms with van der Waals surface area (Å²) in [6.45, 7) is 8.61. The van der Waals surface area contributed by atoms with E-state index in [1.165, 1.54) is 0 Å². The van der Waals surface area contributed by atoms with Crippen molar-refractivity contribution in [1.29, 1.82) is 0 Å². The van der Waals surface area contributed by atoms with E-state index in [2.05, 4.69) is 13.8 Å². The predicted molar refractivity (Wildman–Crippen MR) is 83.9 cm³/mol. The zero-order chi connectivity index (χ0) is 17.0. The van der Waals surface area contributed by atoms with E-state index in [0.29, 0.717) is 24.8 Å². The Labute approximate surface area is 127 Å². The van der Waals surface area contributed by atoms with Crippen molar-refractivity contribution in [2.45, 2.75) is 59.4 Å². The van der Waals surface area contributed by atoms with Gasteiger partial charge in [-0.2, -0.15) is 0 Å². The molecule has 0 radical (unpaired) electrons. The second kappa shape index (κ2) is 12.6. The van der Waals surface area contributed by atoms with Crippen LogP contribution in [0.4, 0.5) is 0 Å². The molecule has 0 aliphatic heterocycles. The van der Waals surface area contributed by atoms with Gasteiger partial charge in [0.1, 0.15) is 0 Å². The molecular weight excluding hydrogens is 272 g/mol. The molecule has 0 amide bonds. The van der Waals surface area contributed by atoms with Gasteiger partial charge < -0.3 is 21.7 Å². The summed E-state index contributed by atoms with van der Waals surface area (Å²) in [5.74, 6) is -0.466. The summed E-state index contributed by atoms with van der Waals surface area (Å²) >= 11 is 0. The fraction of sp³-hybridized carbons (Fsp3) is 0.867. The molecule has 0 aromatic carbocycles. The van der Waals surface area contributed by atoms with E-state index in [-0.39, 0.29) is 24.8 Å². The summed E-state index contributed by atoms with van der Waals surface area (Å²) in [6.07, 6.45) is 1.86. The molecule has 0 spiro atoms. The van der Waals surface area contributed by atoms with E-state index < -0.39 is 11.9 Å². The van der Waals surface area contributed by atoms with E-state index in [1.807, 2.05) is 13.8 Å². The first kappa shape index (κ1) is 22.1. The highest BCUT2D eigenvalue weighted by atomic mass is 16.4. The SMILES string of the molecule is CC(C)C(N)CCC(=O)O.CC(C)CC(CN)CC(=O)O. The standard InChI is InChI=1S/C8H17NO2.C7H15NO2/c1-6(2)3-7(5-9)4-8(10)11;1-5(2)6(8)3-4-7(9)10/h6-7H,3-5,9H2,1-2H3,(H,10,11);5-6H,3-4,8H2,1-2H3,(H,9,10). The summed E-state index contributed by atoms with van der Waals surface area (Å²) in [6, 6.07) is 0.0242. The van der Waals surface area contributed by atoms with Crippen molar-refractivity contribution in [3.8, 4) is 0 Å². The molecule has 0 aliphatic carbocycles. The molecule has 0 saturated carbocycles. The van der Waals surface area contributed by atoms with Crippen LogP contribution in [0.15, 0.2) is 0 Å². The number of aliphatic carboxylic acids is 2. The molecule has 0 aromatic heterocycles. The van der Waals surface area contributed by atoms with Gasteiger partial charge in [0.05, 0.1) is 0 Å². The molecular formula is C15H32N2O4. The van der Waals surface area contributed by atoms with Crippen LogP contribution in [0, 0.1) is 17.8 Å². The second-order valence-corrected chi connectivity index (χ2v) is 6.17. The van der Waals surface area contributed by atoms with Gasteiger partial charge >= 0.3 is 11.9 Å².